The molecule has 0 radical (unpaired) electrons. The first kappa shape index (κ1) is 14.7. The Morgan fingerprint density at radius 3 is 2.90 bits per heavy atom. The molecule has 110 valence electrons. The van der Waals surface area contributed by atoms with E-state index in [0.29, 0.717) is 10.4 Å². The third-order valence-corrected chi connectivity index (χ3v) is 4.66. The number of ether oxygens (including phenoxy) is 2. The van der Waals surface area contributed by atoms with Gasteiger partial charge in [0.05, 0.1) is 22.1 Å². The third-order valence-electron chi connectivity index (χ3n) is 3.02. The van der Waals surface area contributed by atoms with Crippen LogP contribution in [0.1, 0.15) is 15.2 Å². The summed E-state index contributed by atoms with van der Waals surface area (Å²) in [5.74, 6) is 0.271. The SMILES string of the molecule is O=C(c1cccs1)c1cc(Cl)c(Cl)c2c1OCC(CO)O2. The van der Waals surface area contributed by atoms with Crippen LogP contribution in [-0.2, 0) is 0 Å². The summed E-state index contributed by atoms with van der Waals surface area (Å²) in [5, 5.41) is 11.4. The average molecular weight is 345 g/mol. The topological polar surface area (TPSA) is 55.8 Å². The van der Waals surface area contributed by atoms with Crippen molar-refractivity contribution in [2.45, 2.75) is 6.10 Å². The highest BCUT2D eigenvalue weighted by molar-refractivity contribution is 7.12. The molecule has 0 bridgehead atoms. The van der Waals surface area contributed by atoms with E-state index in [1.54, 1.807) is 12.1 Å². The Morgan fingerprint density at radius 1 is 1.43 bits per heavy atom. The minimum atomic E-state index is -0.529. The summed E-state index contributed by atoms with van der Waals surface area (Å²) in [4.78, 5) is 13.1. The van der Waals surface area contributed by atoms with Crippen molar-refractivity contribution in [2.24, 2.45) is 0 Å². The lowest BCUT2D eigenvalue weighted by Crippen LogP contribution is -2.33. The molecule has 1 N–H and O–H groups in total. The van der Waals surface area contributed by atoms with Crippen LogP contribution < -0.4 is 9.47 Å². The highest BCUT2D eigenvalue weighted by Gasteiger charge is 2.30. The highest BCUT2D eigenvalue weighted by atomic mass is 35.5. The molecule has 1 aromatic carbocycles. The fourth-order valence-corrected chi connectivity index (χ4v) is 3.07. The normalized spacial score (nSPS) is 16.8. The van der Waals surface area contributed by atoms with Crippen LogP contribution in [0.25, 0.3) is 0 Å². The van der Waals surface area contributed by atoms with Crippen LogP contribution in [0, 0.1) is 0 Å². The van der Waals surface area contributed by atoms with Crippen LogP contribution >= 0.6 is 34.5 Å². The number of carbonyl (C=O) groups is 1. The zero-order valence-corrected chi connectivity index (χ0v) is 13.0. The predicted molar refractivity (Wildman–Crippen MR) is 81.2 cm³/mol. The van der Waals surface area contributed by atoms with E-state index in [2.05, 4.69) is 0 Å². The molecule has 1 atom stereocenters. The summed E-state index contributed by atoms with van der Waals surface area (Å²) in [6.45, 7) is -0.0668. The molecule has 3 rings (SSSR count). The summed E-state index contributed by atoms with van der Waals surface area (Å²) < 4.78 is 11.1. The fourth-order valence-electron chi connectivity index (χ4n) is 2.01. The summed E-state index contributed by atoms with van der Waals surface area (Å²) in [7, 11) is 0. The zero-order valence-electron chi connectivity index (χ0n) is 10.6. The Labute approximate surface area is 134 Å². The molecular weight excluding hydrogens is 335 g/mol. The van der Waals surface area contributed by atoms with Crippen molar-refractivity contribution in [3.05, 3.63) is 44.1 Å². The maximum atomic E-state index is 12.5. The van der Waals surface area contributed by atoms with Gasteiger partial charge >= 0.3 is 0 Å². The number of ketones is 1. The molecular formula is C14H10Cl2O4S. The number of hydrogen-bond donors (Lipinski definition) is 1. The predicted octanol–water partition coefficient (Wildman–Crippen LogP) is 3.42. The van der Waals surface area contributed by atoms with Gasteiger partial charge in [0.1, 0.15) is 11.6 Å². The van der Waals surface area contributed by atoms with Gasteiger partial charge < -0.3 is 14.6 Å². The molecule has 2 aromatic rings. The number of benzene rings is 1. The molecule has 0 spiro atoms. The van der Waals surface area contributed by atoms with Crippen molar-refractivity contribution in [2.75, 3.05) is 13.2 Å². The van der Waals surface area contributed by atoms with Gasteiger partial charge in [-0.1, -0.05) is 29.3 Å². The van der Waals surface area contributed by atoms with Crippen LogP contribution in [0.15, 0.2) is 23.6 Å². The van der Waals surface area contributed by atoms with Gasteiger partial charge in [0.25, 0.3) is 0 Å². The monoisotopic (exact) mass is 344 g/mol. The van der Waals surface area contributed by atoms with Crippen molar-refractivity contribution in [3.63, 3.8) is 0 Å². The van der Waals surface area contributed by atoms with Crippen LogP contribution in [0.3, 0.4) is 0 Å². The lowest BCUT2D eigenvalue weighted by Gasteiger charge is -2.27. The maximum Gasteiger partial charge on any atom is 0.206 e. The lowest BCUT2D eigenvalue weighted by molar-refractivity contribution is 0.0450. The minimum absolute atomic E-state index is 0.145. The Bertz CT molecular complexity index is 685. The molecule has 0 saturated carbocycles. The van der Waals surface area contributed by atoms with Gasteiger partial charge in [-0.25, -0.2) is 0 Å². The molecule has 1 aromatic heterocycles. The molecule has 1 aliphatic rings. The van der Waals surface area contributed by atoms with Gasteiger partial charge in [-0.2, -0.15) is 0 Å². The maximum absolute atomic E-state index is 12.5. The molecule has 1 aliphatic heterocycles. The standard InChI is InChI=1S/C14H10Cl2O4S/c15-9-4-8(12(18)10-2-1-3-21-10)13-14(11(9)16)20-7(5-17)6-19-13/h1-4,7,17H,5-6H2. The first-order valence-electron chi connectivity index (χ1n) is 6.12. The van der Waals surface area contributed by atoms with Gasteiger partial charge in [-0.05, 0) is 17.5 Å². The quantitative estimate of drug-likeness (QED) is 0.866. The third kappa shape index (κ3) is 2.62. The van der Waals surface area contributed by atoms with Gasteiger partial charge in [-0.15, -0.1) is 11.3 Å². The number of rotatable bonds is 3. The number of aliphatic hydroxyl groups excluding tert-OH is 1. The number of thiophene rings is 1. The van der Waals surface area contributed by atoms with E-state index < -0.39 is 6.10 Å². The van der Waals surface area contributed by atoms with Crippen molar-refractivity contribution < 1.29 is 19.4 Å². The number of hydrogen-bond acceptors (Lipinski definition) is 5. The molecule has 21 heavy (non-hydrogen) atoms. The van der Waals surface area contributed by atoms with Crippen LogP contribution in [0.5, 0.6) is 11.5 Å². The fraction of sp³-hybridized carbons (Fsp3) is 0.214. The second kappa shape index (κ2) is 5.85. The van der Waals surface area contributed by atoms with E-state index in [1.807, 2.05) is 5.38 Å². The van der Waals surface area contributed by atoms with Crippen molar-refractivity contribution >= 4 is 40.3 Å². The Hall–Kier alpha value is -1.27. The summed E-state index contributed by atoms with van der Waals surface area (Å²) >= 11 is 13.5. The Kier molecular flexibility index (Phi) is 4.08. The van der Waals surface area contributed by atoms with E-state index in [9.17, 15) is 4.79 Å². The van der Waals surface area contributed by atoms with Gasteiger partial charge in [0.15, 0.2) is 17.6 Å². The zero-order chi connectivity index (χ0) is 15.0. The number of fused-ring (bicyclic) bond motifs is 1. The highest BCUT2D eigenvalue weighted by Crippen LogP contribution is 2.46. The molecule has 4 nitrogen and oxygen atoms in total. The first-order valence-corrected chi connectivity index (χ1v) is 7.76. The summed E-state index contributed by atoms with van der Waals surface area (Å²) in [5.41, 5.74) is 0.304. The smallest absolute Gasteiger partial charge is 0.206 e. The van der Waals surface area contributed by atoms with E-state index in [0.717, 1.165) is 0 Å². The Balaban J connectivity index is 2.10. The summed E-state index contributed by atoms with van der Waals surface area (Å²) in [6, 6.07) is 5.00. The molecule has 0 saturated heterocycles. The lowest BCUT2D eigenvalue weighted by atomic mass is 10.1. The van der Waals surface area contributed by atoms with Crippen LogP contribution in [0.4, 0.5) is 0 Å². The van der Waals surface area contributed by atoms with Gasteiger partial charge in [-0.3, -0.25) is 4.79 Å². The van der Waals surface area contributed by atoms with Crippen LogP contribution in [0.2, 0.25) is 10.0 Å². The second-order valence-electron chi connectivity index (χ2n) is 4.42. The number of carbonyl (C=O) groups excluding carboxylic acids is 1. The van der Waals surface area contributed by atoms with E-state index in [1.165, 1.54) is 17.4 Å². The van der Waals surface area contributed by atoms with Crippen molar-refractivity contribution in [1.82, 2.24) is 0 Å². The second-order valence-corrected chi connectivity index (χ2v) is 6.15. The van der Waals surface area contributed by atoms with E-state index in [-0.39, 0.29) is 40.5 Å². The molecule has 2 heterocycles. The Morgan fingerprint density at radius 2 is 2.24 bits per heavy atom. The molecule has 7 heteroatoms. The van der Waals surface area contributed by atoms with E-state index >= 15 is 0 Å². The van der Waals surface area contributed by atoms with Gasteiger partial charge in [0, 0.05) is 0 Å². The number of aliphatic hydroxyl groups is 1. The molecule has 0 amide bonds. The van der Waals surface area contributed by atoms with Crippen molar-refractivity contribution in [3.8, 4) is 11.5 Å². The molecule has 0 fully saturated rings. The summed E-state index contributed by atoms with van der Waals surface area (Å²) in [6.07, 6.45) is -0.529. The van der Waals surface area contributed by atoms with Crippen molar-refractivity contribution in [1.29, 1.82) is 0 Å². The largest absolute Gasteiger partial charge is 0.485 e. The number of halogens is 2. The average Bonchev–Trinajstić information content (AvgIpc) is 3.04. The van der Waals surface area contributed by atoms with Crippen LogP contribution in [-0.4, -0.2) is 30.2 Å². The first-order chi connectivity index (χ1) is 10.1. The minimum Gasteiger partial charge on any atom is -0.485 e. The van der Waals surface area contributed by atoms with E-state index in [4.69, 9.17) is 37.8 Å². The molecule has 1 unspecified atom stereocenters. The molecule has 0 aliphatic carbocycles. The van der Waals surface area contributed by atoms with Gasteiger partial charge in [0.2, 0.25) is 5.78 Å².